The highest BCUT2D eigenvalue weighted by Gasteiger charge is 2.46. The zero-order chi connectivity index (χ0) is 22.1. The number of pyridine rings is 1. The minimum absolute atomic E-state index is 0.778. The summed E-state index contributed by atoms with van der Waals surface area (Å²) in [7, 11) is -13.4. The van der Waals surface area contributed by atoms with Crippen LogP contribution in [0.5, 0.6) is 0 Å². The summed E-state index contributed by atoms with van der Waals surface area (Å²) in [6, 6.07) is 6.24. The average Bonchev–Trinajstić information content (AvgIpc) is 2.53. The molecule has 1 aromatic heterocycles. The Morgan fingerprint density at radius 3 is 1.57 bits per heavy atom. The van der Waals surface area contributed by atoms with E-state index in [1.54, 1.807) is 0 Å². The minimum Gasteiger partial charge on any atom is -0.421 e. The van der Waals surface area contributed by atoms with E-state index in [0.29, 0.717) is 0 Å². The van der Waals surface area contributed by atoms with Gasteiger partial charge >= 0.3 is 11.0 Å². The Kier molecular flexibility index (Phi) is 10.4. The molecule has 0 aliphatic rings. The molecular formula is C14H20F6N2O4S2. The molecule has 0 saturated heterocycles. The first kappa shape index (κ1) is 26.6. The average molecular weight is 458 g/mol. The van der Waals surface area contributed by atoms with E-state index in [1.165, 1.54) is 38.6 Å². The molecule has 6 nitrogen and oxygen atoms in total. The number of hydrogen-bond acceptors (Lipinski definition) is 4. The van der Waals surface area contributed by atoms with Gasteiger partial charge in [-0.15, -0.1) is 0 Å². The summed E-state index contributed by atoms with van der Waals surface area (Å²) in [6.07, 6.45) is 11.1. The highest BCUT2D eigenvalue weighted by Crippen LogP contribution is 2.36. The standard InChI is InChI=1S/C12H20N.C2F6NO4S2/c1-2-3-4-5-7-10-13-11-8-6-9-12-13;3-1(4,5)14(10,11)9-15(12,13)2(6,7)8/h6,8-9,11-12H,2-5,7,10H2,1H3;/q+1;-1. The molecule has 0 N–H and O–H groups in total. The topological polar surface area (TPSA) is 86.3 Å². The lowest BCUT2D eigenvalue weighted by molar-refractivity contribution is -0.697. The smallest absolute Gasteiger partial charge is 0.421 e. The molecule has 164 valence electrons. The molecule has 1 heterocycles. The number of aromatic nitrogens is 1. The maximum Gasteiger partial charge on any atom is 0.480 e. The molecule has 0 aliphatic carbocycles. The Labute approximate surface area is 159 Å². The Bertz CT molecular complexity index is 736. The van der Waals surface area contributed by atoms with Crippen LogP contribution in [0.25, 0.3) is 4.13 Å². The highest BCUT2D eigenvalue weighted by atomic mass is 32.3. The van der Waals surface area contributed by atoms with Gasteiger partial charge in [0, 0.05) is 18.6 Å². The molecule has 0 aromatic carbocycles. The van der Waals surface area contributed by atoms with Crippen LogP contribution in [0.2, 0.25) is 0 Å². The van der Waals surface area contributed by atoms with Crippen molar-refractivity contribution >= 4 is 20.0 Å². The van der Waals surface area contributed by atoms with Gasteiger partial charge in [-0.3, -0.25) is 0 Å². The predicted molar refractivity (Wildman–Crippen MR) is 88.7 cm³/mol. The van der Waals surface area contributed by atoms with E-state index in [0.717, 1.165) is 4.13 Å². The number of nitrogens with zero attached hydrogens (tertiary/aromatic N) is 2. The molecule has 0 amide bonds. The fourth-order valence-corrected chi connectivity index (χ4v) is 3.40. The summed E-state index contributed by atoms with van der Waals surface area (Å²) in [5.41, 5.74) is -12.4. The van der Waals surface area contributed by atoms with Gasteiger partial charge in [-0.25, -0.2) is 21.4 Å². The zero-order valence-electron chi connectivity index (χ0n) is 14.7. The number of aryl methyl sites for hydroxylation is 1. The van der Waals surface area contributed by atoms with Crippen molar-refractivity contribution in [3.05, 3.63) is 34.7 Å². The molecule has 0 spiro atoms. The van der Waals surface area contributed by atoms with Gasteiger partial charge in [0.25, 0.3) is 0 Å². The van der Waals surface area contributed by atoms with Gasteiger partial charge in [0.1, 0.15) is 6.54 Å². The van der Waals surface area contributed by atoms with Crippen molar-refractivity contribution in [2.45, 2.75) is 56.6 Å². The van der Waals surface area contributed by atoms with Crippen LogP contribution in [0.1, 0.15) is 39.0 Å². The molecule has 0 fully saturated rings. The number of sulfonamides is 2. The molecule has 14 heteroatoms. The second-order valence-corrected chi connectivity index (χ2v) is 8.87. The van der Waals surface area contributed by atoms with Gasteiger partial charge in [0.05, 0.1) is 0 Å². The van der Waals surface area contributed by atoms with Crippen LogP contribution in [-0.4, -0.2) is 27.9 Å². The van der Waals surface area contributed by atoms with E-state index < -0.39 is 31.1 Å². The Morgan fingerprint density at radius 1 is 0.750 bits per heavy atom. The molecule has 28 heavy (non-hydrogen) atoms. The van der Waals surface area contributed by atoms with Crippen molar-refractivity contribution in [3.8, 4) is 0 Å². The van der Waals surface area contributed by atoms with Crippen LogP contribution in [0, 0.1) is 0 Å². The molecule has 1 aromatic rings. The van der Waals surface area contributed by atoms with Gasteiger partial charge in [0.15, 0.2) is 32.4 Å². The van der Waals surface area contributed by atoms with Crippen molar-refractivity contribution in [1.82, 2.24) is 0 Å². The van der Waals surface area contributed by atoms with Crippen molar-refractivity contribution in [2.75, 3.05) is 0 Å². The number of rotatable bonds is 8. The van der Waals surface area contributed by atoms with Crippen LogP contribution in [0.4, 0.5) is 26.3 Å². The van der Waals surface area contributed by atoms with Gasteiger partial charge in [-0.1, -0.05) is 32.3 Å². The molecule has 0 unspecified atom stereocenters. The van der Waals surface area contributed by atoms with Crippen molar-refractivity contribution < 1.29 is 47.7 Å². The maximum atomic E-state index is 11.4. The van der Waals surface area contributed by atoms with Crippen molar-refractivity contribution in [1.29, 1.82) is 0 Å². The molecule has 0 radical (unpaired) electrons. The first-order valence-corrected chi connectivity index (χ1v) is 10.8. The number of alkyl halides is 6. The summed E-state index contributed by atoms with van der Waals surface area (Å²) < 4.78 is 111. The van der Waals surface area contributed by atoms with Crippen molar-refractivity contribution in [2.24, 2.45) is 0 Å². The molecule has 0 atom stereocenters. The quantitative estimate of drug-likeness (QED) is 0.335. The SMILES string of the molecule is CCCCCCC[n+]1ccccc1.O=S(=O)([N-]S(=O)(=O)C(F)(F)F)C(F)(F)F. The monoisotopic (exact) mass is 458 g/mol. The Morgan fingerprint density at radius 2 is 1.18 bits per heavy atom. The second kappa shape index (κ2) is 11.0. The Balaban J connectivity index is 0.000000525. The zero-order valence-corrected chi connectivity index (χ0v) is 16.4. The largest absolute Gasteiger partial charge is 0.480 e. The molecule has 0 bridgehead atoms. The predicted octanol–water partition coefficient (Wildman–Crippen LogP) is 4.00. The third kappa shape index (κ3) is 9.68. The van der Waals surface area contributed by atoms with Crippen LogP contribution < -0.4 is 4.57 Å². The lowest BCUT2D eigenvalue weighted by Crippen LogP contribution is -2.32. The van der Waals surface area contributed by atoms with E-state index in [1.807, 2.05) is 0 Å². The normalized spacial score (nSPS) is 13.0. The lowest BCUT2D eigenvalue weighted by Gasteiger charge is -2.22. The first-order chi connectivity index (χ1) is 12.6. The van der Waals surface area contributed by atoms with E-state index in [2.05, 4.69) is 42.1 Å². The van der Waals surface area contributed by atoms with Crippen molar-refractivity contribution in [3.63, 3.8) is 0 Å². The van der Waals surface area contributed by atoms with Gasteiger partial charge in [-0.2, -0.15) is 26.3 Å². The fourth-order valence-electron chi connectivity index (χ4n) is 1.70. The molecular weight excluding hydrogens is 438 g/mol. The summed E-state index contributed by atoms with van der Waals surface area (Å²) in [6.45, 7) is 3.43. The van der Waals surface area contributed by atoms with Gasteiger partial charge in [0.2, 0.25) is 0 Å². The third-order valence-electron chi connectivity index (χ3n) is 3.08. The number of unbranched alkanes of at least 4 members (excludes halogenated alkanes) is 4. The van der Waals surface area contributed by atoms with E-state index in [4.69, 9.17) is 0 Å². The summed E-state index contributed by atoms with van der Waals surface area (Å²) >= 11 is 0. The molecule has 1 rings (SSSR count). The van der Waals surface area contributed by atoms with Gasteiger partial charge < -0.3 is 4.13 Å². The number of halogens is 6. The lowest BCUT2D eigenvalue weighted by atomic mass is 10.1. The fraction of sp³-hybridized carbons (Fsp3) is 0.643. The maximum absolute atomic E-state index is 11.4. The molecule has 0 saturated carbocycles. The number of hydrogen-bond donors (Lipinski definition) is 0. The Hall–Kier alpha value is -1.41. The highest BCUT2D eigenvalue weighted by molar-refractivity contribution is 8.13. The van der Waals surface area contributed by atoms with E-state index >= 15 is 0 Å². The minimum atomic E-state index is -6.72. The molecule has 0 aliphatic heterocycles. The van der Waals surface area contributed by atoms with Gasteiger partial charge in [-0.05, 0) is 6.42 Å². The van der Waals surface area contributed by atoms with E-state index in [-0.39, 0.29) is 0 Å². The summed E-state index contributed by atoms with van der Waals surface area (Å²) in [5.74, 6) is 0. The first-order valence-electron chi connectivity index (χ1n) is 7.95. The van der Waals surface area contributed by atoms with Crippen LogP contribution in [0.3, 0.4) is 0 Å². The second-order valence-electron chi connectivity index (χ2n) is 5.44. The van der Waals surface area contributed by atoms with Crippen LogP contribution >= 0.6 is 0 Å². The van der Waals surface area contributed by atoms with E-state index in [9.17, 15) is 43.2 Å². The van der Waals surface area contributed by atoms with Crippen LogP contribution in [-0.2, 0) is 26.6 Å². The third-order valence-corrected chi connectivity index (χ3v) is 5.82. The summed E-state index contributed by atoms with van der Waals surface area (Å²) in [4.78, 5) is 0. The summed E-state index contributed by atoms with van der Waals surface area (Å²) in [5, 5.41) is 0. The van der Waals surface area contributed by atoms with Crippen LogP contribution in [0.15, 0.2) is 30.6 Å².